The average molecular weight is 254 g/mol. The molecule has 1 saturated heterocycles. The van der Waals surface area contributed by atoms with Crippen molar-refractivity contribution in [1.82, 2.24) is 10.2 Å². The Morgan fingerprint density at radius 3 is 2.61 bits per heavy atom. The quantitative estimate of drug-likeness (QED) is 0.533. The molecular formula is C15H30N2O. The van der Waals surface area contributed by atoms with Crippen LogP contribution in [0.4, 0.5) is 0 Å². The molecule has 3 unspecified atom stereocenters. The first-order valence-corrected chi connectivity index (χ1v) is 7.53. The maximum atomic E-state index is 11.0. The summed E-state index contributed by atoms with van der Waals surface area (Å²) in [5.41, 5.74) is 0. The van der Waals surface area contributed by atoms with Crippen molar-refractivity contribution in [2.75, 3.05) is 0 Å². The molecule has 0 aliphatic carbocycles. The zero-order valence-electron chi connectivity index (χ0n) is 12.5. The molecule has 0 spiro atoms. The van der Waals surface area contributed by atoms with Crippen molar-refractivity contribution in [2.45, 2.75) is 90.4 Å². The van der Waals surface area contributed by atoms with Gasteiger partial charge in [-0.1, -0.05) is 26.7 Å². The molecule has 18 heavy (non-hydrogen) atoms. The van der Waals surface area contributed by atoms with Gasteiger partial charge in [0.15, 0.2) is 0 Å². The van der Waals surface area contributed by atoms with E-state index in [1.54, 1.807) is 0 Å². The van der Waals surface area contributed by atoms with E-state index >= 15 is 0 Å². The smallest absolute Gasteiger partial charge is 0.210 e. The molecule has 0 aromatic carbocycles. The number of nitrogens with one attached hydrogen (secondary N) is 1. The number of rotatable bonds is 8. The van der Waals surface area contributed by atoms with Crippen molar-refractivity contribution in [1.29, 1.82) is 0 Å². The summed E-state index contributed by atoms with van der Waals surface area (Å²) in [6, 6.07) is 2.14. The highest BCUT2D eigenvalue weighted by molar-refractivity contribution is 5.49. The largest absolute Gasteiger partial charge is 0.340 e. The van der Waals surface area contributed by atoms with Gasteiger partial charge in [0.2, 0.25) is 6.41 Å². The molecule has 0 bridgehead atoms. The first-order chi connectivity index (χ1) is 8.54. The van der Waals surface area contributed by atoms with Crippen LogP contribution in [0.1, 0.15) is 66.2 Å². The molecule has 1 aliphatic rings. The van der Waals surface area contributed by atoms with Crippen molar-refractivity contribution in [3.8, 4) is 0 Å². The van der Waals surface area contributed by atoms with Gasteiger partial charge in [0.1, 0.15) is 0 Å². The van der Waals surface area contributed by atoms with Gasteiger partial charge in [0.25, 0.3) is 0 Å². The monoisotopic (exact) mass is 254 g/mol. The minimum atomic E-state index is 0.453. The van der Waals surface area contributed by atoms with Crippen LogP contribution in [0.5, 0.6) is 0 Å². The Morgan fingerprint density at radius 2 is 2.00 bits per heavy atom. The van der Waals surface area contributed by atoms with Gasteiger partial charge < -0.3 is 10.2 Å². The molecule has 0 saturated carbocycles. The molecular weight excluding hydrogens is 224 g/mol. The summed E-state index contributed by atoms with van der Waals surface area (Å²) in [6.45, 7) is 8.80. The SMILES string of the molecule is CC(C)NC(C)CCCCC1CCC(C)N1C=O. The van der Waals surface area contributed by atoms with Crippen molar-refractivity contribution in [2.24, 2.45) is 0 Å². The number of amides is 1. The number of likely N-dealkylation sites (tertiary alicyclic amines) is 1. The topological polar surface area (TPSA) is 32.3 Å². The highest BCUT2D eigenvalue weighted by atomic mass is 16.1. The molecule has 0 aromatic heterocycles. The van der Waals surface area contributed by atoms with Gasteiger partial charge in [-0.25, -0.2) is 0 Å². The summed E-state index contributed by atoms with van der Waals surface area (Å²) < 4.78 is 0. The molecule has 1 rings (SSSR count). The third kappa shape index (κ3) is 4.97. The number of unbranched alkanes of at least 4 members (excludes halogenated alkanes) is 1. The van der Waals surface area contributed by atoms with E-state index in [0.717, 1.165) is 6.41 Å². The van der Waals surface area contributed by atoms with Crippen LogP contribution in [0.25, 0.3) is 0 Å². The Balaban J connectivity index is 2.12. The lowest BCUT2D eigenvalue weighted by Gasteiger charge is -2.24. The van der Waals surface area contributed by atoms with Gasteiger partial charge in [-0.15, -0.1) is 0 Å². The molecule has 3 nitrogen and oxygen atoms in total. The van der Waals surface area contributed by atoms with Crippen molar-refractivity contribution in [3.63, 3.8) is 0 Å². The second kappa shape index (κ2) is 7.78. The van der Waals surface area contributed by atoms with E-state index in [1.807, 2.05) is 4.90 Å². The Bertz CT molecular complexity index is 243. The zero-order valence-corrected chi connectivity index (χ0v) is 12.5. The van der Waals surface area contributed by atoms with E-state index in [1.165, 1.54) is 38.5 Å². The molecule has 1 fully saturated rings. The van der Waals surface area contributed by atoms with E-state index in [4.69, 9.17) is 0 Å². The molecule has 106 valence electrons. The van der Waals surface area contributed by atoms with Crippen LogP contribution in [0.15, 0.2) is 0 Å². The van der Waals surface area contributed by atoms with Gasteiger partial charge >= 0.3 is 0 Å². The second-order valence-electron chi connectivity index (χ2n) is 6.14. The Morgan fingerprint density at radius 1 is 1.28 bits per heavy atom. The van der Waals surface area contributed by atoms with Crippen LogP contribution >= 0.6 is 0 Å². The lowest BCUT2D eigenvalue weighted by molar-refractivity contribution is -0.120. The molecule has 0 radical (unpaired) electrons. The first-order valence-electron chi connectivity index (χ1n) is 7.53. The molecule has 1 amide bonds. The van der Waals surface area contributed by atoms with Crippen LogP contribution in [-0.4, -0.2) is 35.5 Å². The van der Waals surface area contributed by atoms with Crippen LogP contribution in [0.3, 0.4) is 0 Å². The maximum absolute atomic E-state index is 11.0. The normalized spacial score (nSPS) is 25.7. The molecule has 0 aromatic rings. The Kier molecular flexibility index (Phi) is 6.69. The van der Waals surface area contributed by atoms with Gasteiger partial charge in [-0.05, 0) is 39.5 Å². The van der Waals surface area contributed by atoms with Gasteiger partial charge in [-0.3, -0.25) is 4.79 Å². The number of nitrogens with zero attached hydrogens (tertiary/aromatic N) is 1. The van der Waals surface area contributed by atoms with E-state index in [-0.39, 0.29) is 0 Å². The third-order valence-electron chi connectivity index (χ3n) is 4.01. The minimum Gasteiger partial charge on any atom is -0.340 e. The van der Waals surface area contributed by atoms with Crippen molar-refractivity contribution >= 4 is 6.41 Å². The van der Waals surface area contributed by atoms with Crippen LogP contribution in [-0.2, 0) is 4.79 Å². The maximum Gasteiger partial charge on any atom is 0.210 e. The summed E-state index contributed by atoms with van der Waals surface area (Å²) >= 11 is 0. The molecule has 3 atom stereocenters. The van der Waals surface area contributed by atoms with Gasteiger partial charge in [0, 0.05) is 24.2 Å². The highest BCUT2D eigenvalue weighted by Gasteiger charge is 2.28. The summed E-state index contributed by atoms with van der Waals surface area (Å²) in [4.78, 5) is 13.0. The zero-order chi connectivity index (χ0) is 13.5. The summed E-state index contributed by atoms with van der Waals surface area (Å²) in [5.74, 6) is 0. The fraction of sp³-hybridized carbons (Fsp3) is 0.933. The predicted molar refractivity (Wildman–Crippen MR) is 76.6 cm³/mol. The predicted octanol–water partition coefficient (Wildman–Crippen LogP) is 2.94. The van der Waals surface area contributed by atoms with E-state index < -0.39 is 0 Å². The summed E-state index contributed by atoms with van der Waals surface area (Å²) in [6.07, 6.45) is 8.34. The third-order valence-corrected chi connectivity index (χ3v) is 4.01. The summed E-state index contributed by atoms with van der Waals surface area (Å²) in [5, 5.41) is 3.53. The number of carbonyl (C=O) groups excluding carboxylic acids is 1. The standard InChI is InChI=1S/C15H30N2O/c1-12(2)16-13(3)7-5-6-8-15-10-9-14(4)17(15)11-18/h11-16H,5-10H2,1-4H3. The van der Waals surface area contributed by atoms with Gasteiger partial charge in [-0.2, -0.15) is 0 Å². The molecule has 3 heteroatoms. The van der Waals surface area contributed by atoms with Crippen molar-refractivity contribution < 1.29 is 4.79 Å². The first kappa shape index (κ1) is 15.5. The van der Waals surface area contributed by atoms with E-state index in [2.05, 4.69) is 33.0 Å². The number of carbonyl (C=O) groups is 1. The van der Waals surface area contributed by atoms with Crippen LogP contribution < -0.4 is 5.32 Å². The van der Waals surface area contributed by atoms with E-state index in [0.29, 0.717) is 24.2 Å². The van der Waals surface area contributed by atoms with Crippen LogP contribution in [0, 0.1) is 0 Å². The fourth-order valence-electron chi connectivity index (χ4n) is 3.06. The second-order valence-corrected chi connectivity index (χ2v) is 6.14. The average Bonchev–Trinajstić information content (AvgIpc) is 2.64. The lowest BCUT2D eigenvalue weighted by atomic mass is 10.0. The van der Waals surface area contributed by atoms with E-state index in [9.17, 15) is 4.79 Å². The Labute approximate surface area is 112 Å². The van der Waals surface area contributed by atoms with Crippen molar-refractivity contribution in [3.05, 3.63) is 0 Å². The molecule has 1 aliphatic heterocycles. The Hall–Kier alpha value is -0.570. The number of hydrogen-bond acceptors (Lipinski definition) is 2. The minimum absolute atomic E-state index is 0.453. The number of hydrogen-bond donors (Lipinski definition) is 1. The fourth-order valence-corrected chi connectivity index (χ4v) is 3.06. The molecule has 1 N–H and O–H groups in total. The van der Waals surface area contributed by atoms with Gasteiger partial charge in [0.05, 0.1) is 0 Å². The summed E-state index contributed by atoms with van der Waals surface area (Å²) in [7, 11) is 0. The molecule has 1 heterocycles. The van der Waals surface area contributed by atoms with Crippen LogP contribution in [0.2, 0.25) is 0 Å². The lowest BCUT2D eigenvalue weighted by Crippen LogP contribution is -2.33. The highest BCUT2D eigenvalue weighted by Crippen LogP contribution is 2.25.